The number of nitrogens with one attached hydrogen (secondary N) is 1. The fourth-order valence-corrected chi connectivity index (χ4v) is 4.33. The van der Waals surface area contributed by atoms with E-state index in [-0.39, 0.29) is 0 Å². The van der Waals surface area contributed by atoms with Crippen LogP contribution in [0.15, 0.2) is 67.3 Å². The Morgan fingerprint density at radius 1 is 1.11 bits per heavy atom. The third-order valence-corrected chi connectivity index (χ3v) is 5.66. The maximum absolute atomic E-state index is 4.65. The Morgan fingerprint density at radius 2 is 2.00 bits per heavy atom. The standard InChI is InChI=1S/C22H23N5/c1-16-9-17(14-27(16)20-5-3-2-4-6-20)13-26-15-23-21-10-18(7-8-22(21)26)19-11-24-25-12-19/h2-8,10-12,15-17H,9,13-14H2,1H3,(H,24,25). The van der Waals surface area contributed by atoms with Gasteiger partial charge in [0.25, 0.3) is 0 Å². The Balaban J connectivity index is 1.36. The maximum Gasteiger partial charge on any atom is 0.0958 e. The van der Waals surface area contributed by atoms with E-state index in [1.165, 1.54) is 17.6 Å². The second-order valence-corrected chi connectivity index (χ2v) is 7.53. The summed E-state index contributed by atoms with van der Waals surface area (Å²) in [6, 6.07) is 17.8. The predicted molar refractivity (Wildman–Crippen MR) is 109 cm³/mol. The smallest absolute Gasteiger partial charge is 0.0958 e. The number of benzene rings is 2. The molecule has 1 fully saturated rings. The Bertz CT molecular complexity index is 1040. The molecule has 4 aromatic rings. The van der Waals surface area contributed by atoms with Gasteiger partial charge in [-0.15, -0.1) is 0 Å². The molecule has 2 aromatic carbocycles. The van der Waals surface area contributed by atoms with Crippen LogP contribution in [0.1, 0.15) is 13.3 Å². The lowest BCUT2D eigenvalue weighted by molar-refractivity contribution is 0.482. The van der Waals surface area contributed by atoms with Gasteiger partial charge < -0.3 is 9.47 Å². The molecular weight excluding hydrogens is 334 g/mol. The average Bonchev–Trinajstić information content (AvgIpc) is 3.43. The van der Waals surface area contributed by atoms with E-state index in [9.17, 15) is 0 Å². The first-order valence-electron chi connectivity index (χ1n) is 9.53. The van der Waals surface area contributed by atoms with Gasteiger partial charge in [-0.1, -0.05) is 24.3 Å². The van der Waals surface area contributed by atoms with Gasteiger partial charge in [-0.2, -0.15) is 5.10 Å². The van der Waals surface area contributed by atoms with Crippen molar-refractivity contribution in [1.29, 1.82) is 0 Å². The van der Waals surface area contributed by atoms with E-state index in [1.807, 2.05) is 18.7 Å². The molecular formula is C22H23N5. The summed E-state index contributed by atoms with van der Waals surface area (Å²) >= 11 is 0. The third-order valence-electron chi connectivity index (χ3n) is 5.66. The highest BCUT2D eigenvalue weighted by Gasteiger charge is 2.29. The van der Waals surface area contributed by atoms with Gasteiger partial charge in [-0.3, -0.25) is 5.10 Å². The summed E-state index contributed by atoms with van der Waals surface area (Å²) in [5.41, 5.74) is 5.81. The molecule has 5 heteroatoms. The molecule has 27 heavy (non-hydrogen) atoms. The lowest BCUT2D eigenvalue weighted by Crippen LogP contribution is -2.26. The second kappa shape index (κ2) is 6.58. The summed E-state index contributed by atoms with van der Waals surface area (Å²) in [5.74, 6) is 0.631. The van der Waals surface area contributed by atoms with Crippen LogP contribution in [0.4, 0.5) is 5.69 Å². The van der Waals surface area contributed by atoms with Gasteiger partial charge in [0.15, 0.2) is 0 Å². The number of H-pyrrole nitrogens is 1. The van der Waals surface area contributed by atoms with E-state index < -0.39 is 0 Å². The first-order chi connectivity index (χ1) is 13.3. The number of imidazole rings is 1. The number of fused-ring (bicyclic) bond motifs is 1. The molecule has 1 aliphatic rings. The normalized spacial score (nSPS) is 19.8. The van der Waals surface area contributed by atoms with Crippen LogP contribution >= 0.6 is 0 Å². The molecule has 0 bridgehead atoms. The van der Waals surface area contributed by atoms with Gasteiger partial charge in [0.1, 0.15) is 0 Å². The van der Waals surface area contributed by atoms with Crippen LogP contribution in [0.2, 0.25) is 0 Å². The van der Waals surface area contributed by atoms with Crippen LogP contribution in [0.5, 0.6) is 0 Å². The van der Waals surface area contributed by atoms with Crippen LogP contribution in [0, 0.1) is 5.92 Å². The Morgan fingerprint density at radius 3 is 2.81 bits per heavy atom. The van der Waals surface area contributed by atoms with Crippen molar-refractivity contribution in [3.8, 4) is 11.1 Å². The minimum Gasteiger partial charge on any atom is -0.368 e. The van der Waals surface area contributed by atoms with E-state index in [1.54, 1.807) is 0 Å². The number of aromatic nitrogens is 4. The van der Waals surface area contributed by atoms with E-state index in [0.717, 1.165) is 29.7 Å². The van der Waals surface area contributed by atoms with Crippen molar-refractivity contribution in [1.82, 2.24) is 19.7 Å². The maximum atomic E-state index is 4.65. The first-order valence-corrected chi connectivity index (χ1v) is 9.53. The van der Waals surface area contributed by atoms with E-state index in [4.69, 9.17) is 0 Å². The van der Waals surface area contributed by atoms with Crippen LogP contribution in [-0.4, -0.2) is 32.3 Å². The Kier molecular flexibility index (Phi) is 3.93. The molecule has 5 nitrogen and oxygen atoms in total. The quantitative estimate of drug-likeness (QED) is 0.591. The first kappa shape index (κ1) is 16.1. The number of nitrogens with zero attached hydrogens (tertiary/aromatic N) is 4. The number of aromatic amines is 1. The van der Waals surface area contributed by atoms with Crippen molar-refractivity contribution in [2.24, 2.45) is 5.92 Å². The SMILES string of the molecule is CC1CC(Cn2cnc3cc(-c4cn[nH]c4)ccc32)CN1c1ccccc1. The van der Waals surface area contributed by atoms with Gasteiger partial charge in [-0.05, 0) is 49.1 Å². The van der Waals surface area contributed by atoms with Crippen LogP contribution in [-0.2, 0) is 6.54 Å². The summed E-state index contributed by atoms with van der Waals surface area (Å²) in [4.78, 5) is 7.17. The minimum atomic E-state index is 0.569. The topological polar surface area (TPSA) is 49.7 Å². The molecule has 2 atom stereocenters. The summed E-state index contributed by atoms with van der Waals surface area (Å²) < 4.78 is 2.31. The van der Waals surface area contributed by atoms with Crippen molar-refractivity contribution < 1.29 is 0 Å². The number of anilines is 1. The molecule has 0 radical (unpaired) electrons. The molecule has 2 unspecified atom stereocenters. The molecule has 5 rings (SSSR count). The van der Waals surface area contributed by atoms with E-state index in [0.29, 0.717) is 12.0 Å². The number of para-hydroxylation sites is 1. The molecule has 136 valence electrons. The van der Waals surface area contributed by atoms with E-state index >= 15 is 0 Å². The number of hydrogen-bond donors (Lipinski definition) is 1. The van der Waals surface area contributed by atoms with E-state index in [2.05, 4.69) is 80.1 Å². The molecule has 0 spiro atoms. The van der Waals surface area contributed by atoms with Crippen LogP contribution in [0.3, 0.4) is 0 Å². The highest BCUT2D eigenvalue weighted by Crippen LogP contribution is 2.31. The largest absolute Gasteiger partial charge is 0.368 e. The third kappa shape index (κ3) is 2.99. The lowest BCUT2D eigenvalue weighted by atomic mass is 10.1. The monoisotopic (exact) mass is 357 g/mol. The Labute approximate surface area is 158 Å². The van der Waals surface area contributed by atoms with Gasteiger partial charge in [0.2, 0.25) is 0 Å². The van der Waals surface area contributed by atoms with Crippen LogP contribution in [0.25, 0.3) is 22.2 Å². The molecule has 0 amide bonds. The summed E-state index contributed by atoms with van der Waals surface area (Å²) in [6.07, 6.45) is 6.95. The van der Waals surface area contributed by atoms with Gasteiger partial charge in [0.05, 0.1) is 23.6 Å². The zero-order valence-corrected chi connectivity index (χ0v) is 15.4. The summed E-state index contributed by atoms with van der Waals surface area (Å²) in [7, 11) is 0. The van der Waals surface area contributed by atoms with Crippen molar-refractivity contribution >= 4 is 16.7 Å². The zero-order valence-electron chi connectivity index (χ0n) is 15.4. The van der Waals surface area contributed by atoms with Gasteiger partial charge in [-0.25, -0.2) is 4.98 Å². The molecule has 3 heterocycles. The molecule has 2 aromatic heterocycles. The predicted octanol–water partition coefficient (Wildman–Crippen LogP) is 4.34. The Hall–Kier alpha value is -3.08. The molecule has 1 aliphatic heterocycles. The molecule has 0 saturated carbocycles. The van der Waals surface area contributed by atoms with Gasteiger partial charge >= 0.3 is 0 Å². The molecule has 1 N–H and O–H groups in total. The number of hydrogen-bond acceptors (Lipinski definition) is 3. The van der Waals surface area contributed by atoms with Crippen molar-refractivity contribution in [3.05, 3.63) is 67.3 Å². The highest BCUT2D eigenvalue weighted by atomic mass is 15.2. The lowest BCUT2D eigenvalue weighted by Gasteiger charge is -2.23. The fourth-order valence-electron chi connectivity index (χ4n) is 4.33. The van der Waals surface area contributed by atoms with Crippen molar-refractivity contribution in [3.63, 3.8) is 0 Å². The van der Waals surface area contributed by atoms with Crippen LogP contribution < -0.4 is 4.90 Å². The zero-order chi connectivity index (χ0) is 18.2. The van der Waals surface area contributed by atoms with Gasteiger partial charge in [0, 0.05) is 36.6 Å². The molecule has 1 saturated heterocycles. The minimum absolute atomic E-state index is 0.569. The fraction of sp³-hybridized carbons (Fsp3) is 0.273. The molecule has 0 aliphatic carbocycles. The summed E-state index contributed by atoms with van der Waals surface area (Å²) in [6.45, 7) is 4.43. The van der Waals surface area contributed by atoms with Crippen molar-refractivity contribution in [2.45, 2.75) is 25.9 Å². The van der Waals surface area contributed by atoms with Crippen molar-refractivity contribution in [2.75, 3.05) is 11.4 Å². The highest BCUT2D eigenvalue weighted by molar-refractivity contribution is 5.81. The number of rotatable bonds is 4. The second-order valence-electron chi connectivity index (χ2n) is 7.53. The summed E-state index contributed by atoms with van der Waals surface area (Å²) in [5, 5.41) is 6.91. The average molecular weight is 357 g/mol.